The third-order valence-corrected chi connectivity index (χ3v) is 4.02. The smallest absolute Gasteiger partial charge is 0.0438 e. The summed E-state index contributed by atoms with van der Waals surface area (Å²) in [5.41, 5.74) is 3.86. The number of rotatable bonds is 7. The molecule has 0 amide bonds. The van der Waals surface area contributed by atoms with Gasteiger partial charge in [0.1, 0.15) is 0 Å². The van der Waals surface area contributed by atoms with E-state index in [0.717, 1.165) is 5.02 Å². The van der Waals surface area contributed by atoms with Gasteiger partial charge in [0.15, 0.2) is 0 Å². The van der Waals surface area contributed by atoms with Gasteiger partial charge in [0.25, 0.3) is 0 Å². The van der Waals surface area contributed by atoms with Crippen LogP contribution in [0.2, 0.25) is 5.02 Å². The normalized spacial score (nSPS) is 12.7. The Balaban J connectivity index is 2.72. The van der Waals surface area contributed by atoms with Crippen LogP contribution in [0.1, 0.15) is 61.8 Å². The van der Waals surface area contributed by atoms with Crippen molar-refractivity contribution in [2.45, 2.75) is 58.9 Å². The van der Waals surface area contributed by atoms with Crippen molar-refractivity contribution in [3.63, 3.8) is 0 Å². The molecule has 0 bridgehead atoms. The number of halogens is 1. The van der Waals surface area contributed by atoms with Crippen LogP contribution in [0.5, 0.6) is 0 Å². The molecule has 0 spiro atoms. The second kappa shape index (κ2) is 7.81. The molecule has 0 aliphatic heterocycles. The van der Waals surface area contributed by atoms with Gasteiger partial charge in [-0.3, -0.25) is 0 Å². The lowest BCUT2D eigenvalue weighted by atomic mass is 9.95. The standard InChI is InChI=1S/C16H26ClN/c1-5-6-7-8-9-16(18-4)14-10-13(3)15(17)11-12(14)2/h10-11,16,18H,5-9H2,1-4H3. The van der Waals surface area contributed by atoms with Crippen molar-refractivity contribution < 1.29 is 0 Å². The molecule has 0 heterocycles. The highest BCUT2D eigenvalue weighted by atomic mass is 35.5. The van der Waals surface area contributed by atoms with Crippen molar-refractivity contribution in [2.24, 2.45) is 0 Å². The number of aryl methyl sites for hydroxylation is 2. The average Bonchev–Trinajstić information content (AvgIpc) is 2.35. The molecule has 1 rings (SSSR count). The maximum absolute atomic E-state index is 6.16. The van der Waals surface area contributed by atoms with Crippen LogP contribution in [0.4, 0.5) is 0 Å². The summed E-state index contributed by atoms with van der Waals surface area (Å²) in [5.74, 6) is 0. The van der Waals surface area contributed by atoms with Crippen molar-refractivity contribution in [1.29, 1.82) is 0 Å². The van der Waals surface area contributed by atoms with Crippen LogP contribution in [-0.2, 0) is 0 Å². The summed E-state index contributed by atoms with van der Waals surface area (Å²) >= 11 is 6.16. The Morgan fingerprint density at radius 3 is 2.44 bits per heavy atom. The lowest BCUT2D eigenvalue weighted by molar-refractivity contribution is 0.503. The van der Waals surface area contributed by atoms with E-state index in [0.29, 0.717) is 6.04 Å². The zero-order valence-electron chi connectivity index (χ0n) is 12.1. The topological polar surface area (TPSA) is 12.0 Å². The van der Waals surface area contributed by atoms with Crippen LogP contribution in [0.25, 0.3) is 0 Å². The molecule has 0 saturated carbocycles. The third-order valence-electron chi connectivity index (χ3n) is 3.62. The Kier molecular flexibility index (Phi) is 6.73. The summed E-state index contributed by atoms with van der Waals surface area (Å²) in [6.45, 7) is 6.48. The molecular formula is C16H26ClN. The van der Waals surface area contributed by atoms with Crippen LogP contribution < -0.4 is 5.32 Å². The fraction of sp³-hybridized carbons (Fsp3) is 0.625. The number of benzene rings is 1. The maximum atomic E-state index is 6.16. The predicted octanol–water partition coefficient (Wildman–Crippen LogP) is 5.19. The number of nitrogens with one attached hydrogen (secondary N) is 1. The number of hydrogen-bond acceptors (Lipinski definition) is 1. The molecule has 0 aliphatic rings. The monoisotopic (exact) mass is 267 g/mol. The van der Waals surface area contributed by atoms with E-state index in [1.165, 1.54) is 48.8 Å². The first-order chi connectivity index (χ1) is 8.60. The molecule has 0 saturated heterocycles. The molecule has 1 aromatic rings. The highest BCUT2D eigenvalue weighted by Crippen LogP contribution is 2.27. The first kappa shape index (κ1) is 15.5. The Morgan fingerprint density at radius 1 is 1.11 bits per heavy atom. The molecule has 2 heteroatoms. The zero-order chi connectivity index (χ0) is 13.5. The van der Waals surface area contributed by atoms with Crippen LogP contribution >= 0.6 is 11.6 Å². The van der Waals surface area contributed by atoms with Gasteiger partial charge in [-0.15, -0.1) is 0 Å². The van der Waals surface area contributed by atoms with Gasteiger partial charge in [-0.05, 0) is 50.1 Å². The molecule has 18 heavy (non-hydrogen) atoms. The van der Waals surface area contributed by atoms with E-state index in [4.69, 9.17) is 11.6 Å². The molecule has 0 fully saturated rings. The van der Waals surface area contributed by atoms with Gasteiger partial charge < -0.3 is 5.32 Å². The molecular weight excluding hydrogens is 242 g/mol. The minimum Gasteiger partial charge on any atom is -0.313 e. The Hall–Kier alpha value is -0.530. The number of hydrogen-bond donors (Lipinski definition) is 1. The third kappa shape index (κ3) is 4.29. The van der Waals surface area contributed by atoms with Gasteiger partial charge in [0, 0.05) is 11.1 Å². The predicted molar refractivity (Wildman–Crippen MR) is 81.5 cm³/mol. The largest absolute Gasteiger partial charge is 0.313 e. The summed E-state index contributed by atoms with van der Waals surface area (Å²) in [6.07, 6.45) is 6.47. The summed E-state index contributed by atoms with van der Waals surface area (Å²) in [6, 6.07) is 4.78. The second-order valence-corrected chi connectivity index (χ2v) is 5.56. The molecule has 1 N–H and O–H groups in total. The molecule has 0 aromatic heterocycles. The van der Waals surface area contributed by atoms with E-state index in [-0.39, 0.29) is 0 Å². The molecule has 1 unspecified atom stereocenters. The first-order valence-corrected chi connectivity index (χ1v) is 7.41. The highest BCUT2D eigenvalue weighted by Gasteiger charge is 2.13. The molecule has 0 aliphatic carbocycles. The lowest BCUT2D eigenvalue weighted by Gasteiger charge is -2.20. The van der Waals surface area contributed by atoms with Crippen molar-refractivity contribution in [2.75, 3.05) is 7.05 Å². The highest BCUT2D eigenvalue weighted by molar-refractivity contribution is 6.31. The van der Waals surface area contributed by atoms with Gasteiger partial charge >= 0.3 is 0 Å². The van der Waals surface area contributed by atoms with Gasteiger partial charge in [0.2, 0.25) is 0 Å². The quantitative estimate of drug-likeness (QED) is 0.671. The van der Waals surface area contributed by atoms with E-state index in [1.54, 1.807) is 0 Å². The number of unbranched alkanes of at least 4 members (excludes halogenated alkanes) is 3. The van der Waals surface area contributed by atoms with Gasteiger partial charge in [-0.2, -0.15) is 0 Å². The van der Waals surface area contributed by atoms with Crippen molar-refractivity contribution in [3.8, 4) is 0 Å². The fourth-order valence-corrected chi connectivity index (χ4v) is 2.63. The second-order valence-electron chi connectivity index (χ2n) is 5.15. The van der Waals surface area contributed by atoms with Crippen LogP contribution in [0.3, 0.4) is 0 Å². The molecule has 0 radical (unpaired) electrons. The Morgan fingerprint density at radius 2 is 1.83 bits per heavy atom. The van der Waals surface area contributed by atoms with E-state index in [9.17, 15) is 0 Å². The minimum absolute atomic E-state index is 0.456. The zero-order valence-corrected chi connectivity index (χ0v) is 12.9. The van der Waals surface area contributed by atoms with Gasteiger partial charge in [-0.1, -0.05) is 50.3 Å². The average molecular weight is 268 g/mol. The van der Waals surface area contributed by atoms with Crippen LogP contribution in [0, 0.1) is 13.8 Å². The summed E-state index contributed by atoms with van der Waals surface area (Å²) in [4.78, 5) is 0. The van der Waals surface area contributed by atoms with Crippen LogP contribution in [0.15, 0.2) is 12.1 Å². The Labute approximate surface area is 117 Å². The van der Waals surface area contributed by atoms with Crippen molar-refractivity contribution in [1.82, 2.24) is 5.32 Å². The minimum atomic E-state index is 0.456. The molecule has 1 nitrogen and oxygen atoms in total. The van der Waals surface area contributed by atoms with Crippen molar-refractivity contribution >= 4 is 11.6 Å². The summed E-state index contributed by atoms with van der Waals surface area (Å²) in [5, 5.41) is 4.31. The van der Waals surface area contributed by atoms with Gasteiger partial charge in [0.05, 0.1) is 0 Å². The fourth-order valence-electron chi connectivity index (χ4n) is 2.41. The molecule has 1 aromatic carbocycles. The van der Waals surface area contributed by atoms with E-state index >= 15 is 0 Å². The summed E-state index contributed by atoms with van der Waals surface area (Å²) < 4.78 is 0. The SMILES string of the molecule is CCCCCCC(NC)c1cc(C)c(Cl)cc1C. The first-order valence-electron chi connectivity index (χ1n) is 7.04. The Bertz CT molecular complexity index is 374. The van der Waals surface area contributed by atoms with E-state index in [1.807, 2.05) is 7.05 Å². The lowest BCUT2D eigenvalue weighted by Crippen LogP contribution is -2.17. The van der Waals surface area contributed by atoms with E-state index < -0.39 is 0 Å². The maximum Gasteiger partial charge on any atom is 0.0438 e. The molecule has 1 atom stereocenters. The molecule has 102 valence electrons. The van der Waals surface area contributed by atoms with E-state index in [2.05, 4.69) is 38.2 Å². The van der Waals surface area contributed by atoms with Crippen LogP contribution in [-0.4, -0.2) is 7.05 Å². The van der Waals surface area contributed by atoms with Gasteiger partial charge in [-0.25, -0.2) is 0 Å². The summed E-state index contributed by atoms with van der Waals surface area (Å²) in [7, 11) is 2.05. The van der Waals surface area contributed by atoms with Crippen molar-refractivity contribution in [3.05, 3.63) is 33.8 Å².